The summed E-state index contributed by atoms with van der Waals surface area (Å²) in [5.41, 5.74) is -1.90. The van der Waals surface area contributed by atoms with Crippen LogP contribution >= 0.6 is 0 Å². The van der Waals surface area contributed by atoms with Gasteiger partial charge in [-0.2, -0.15) is 8.78 Å². The number of hydrogen-bond donors (Lipinski definition) is 2. The zero-order valence-electron chi connectivity index (χ0n) is 9.65. The van der Waals surface area contributed by atoms with Gasteiger partial charge in [0, 0.05) is 13.5 Å². The van der Waals surface area contributed by atoms with Gasteiger partial charge in [0.2, 0.25) is 0 Å². The fourth-order valence-corrected chi connectivity index (χ4v) is 1.83. The zero-order valence-corrected chi connectivity index (χ0v) is 9.65. The van der Waals surface area contributed by atoms with Crippen molar-refractivity contribution in [1.29, 1.82) is 0 Å². The molecule has 3 atom stereocenters. The molecule has 0 bridgehead atoms. The minimum Gasteiger partial charge on any atom is -0.477 e. The number of ketones is 2. The predicted molar refractivity (Wildman–Crippen MR) is 52.1 cm³/mol. The minimum atomic E-state index is -4.50. The number of carboxylic acid groups (broad SMARTS) is 1. The molecule has 6 nitrogen and oxygen atoms in total. The fourth-order valence-electron chi connectivity index (χ4n) is 1.83. The number of carbonyl (C=O) groups excluding carboxylic acids is 2. The van der Waals surface area contributed by atoms with Crippen molar-refractivity contribution in [3.63, 3.8) is 0 Å². The second-order valence-electron chi connectivity index (χ2n) is 4.21. The molecule has 0 amide bonds. The maximum absolute atomic E-state index is 13.1. The number of alkyl halides is 2. The van der Waals surface area contributed by atoms with E-state index >= 15 is 0 Å². The first-order chi connectivity index (χ1) is 8.09. The van der Waals surface area contributed by atoms with Gasteiger partial charge in [-0.05, 0) is 6.92 Å². The molecule has 1 aliphatic carbocycles. The smallest absolute Gasteiger partial charge is 0.377 e. The van der Waals surface area contributed by atoms with Crippen LogP contribution in [0.5, 0.6) is 0 Å². The molecule has 0 radical (unpaired) electrons. The van der Waals surface area contributed by atoms with Gasteiger partial charge in [-0.1, -0.05) is 0 Å². The number of carbonyl (C=O) groups is 3. The van der Waals surface area contributed by atoms with Gasteiger partial charge in [0.1, 0.15) is 6.10 Å². The lowest BCUT2D eigenvalue weighted by molar-refractivity contribution is -0.188. The normalized spacial score (nSPS) is 30.6. The van der Waals surface area contributed by atoms with Gasteiger partial charge < -0.3 is 14.9 Å². The highest BCUT2D eigenvalue weighted by Crippen LogP contribution is 2.37. The van der Waals surface area contributed by atoms with Crippen LogP contribution in [0.25, 0.3) is 0 Å². The van der Waals surface area contributed by atoms with E-state index in [1.54, 1.807) is 0 Å². The Hall–Kier alpha value is -1.41. The highest BCUT2D eigenvalue weighted by molar-refractivity contribution is 6.17. The molecule has 1 saturated carbocycles. The molecule has 0 heterocycles. The Kier molecular flexibility index (Phi) is 3.55. The Morgan fingerprint density at radius 3 is 2.39 bits per heavy atom. The first-order valence-electron chi connectivity index (χ1n) is 5.01. The average molecular weight is 266 g/mol. The predicted octanol–water partition coefficient (Wildman–Crippen LogP) is -0.370. The lowest BCUT2D eigenvalue weighted by Gasteiger charge is -2.24. The monoisotopic (exact) mass is 266 g/mol. The van der Waals surface area contributed by atoms with E-state index in [1.807, 2.05) is 0 Å². The summed E-state index contributed by atoms with van der Waals surface area (Å²) in [5.74, 6) is -10.6. The average Bonchev–Trinajstić information content (AvgIpc) is 2.53. The Balaban J connectivity index is 3.05. The molecule has 18 heavy (non-hydrogen) atoms. The van der Waals surface area contributed by atoms with E-state index in [-0.39, 0.29) is 0 Å². The highest BCUT2D eigenvalue weighted by atomic mass is 19.3. The first kappa shape index (κ1) is 14.7. The molecule has 0 aliphatic heterocycles. The lowest BCUT2D eigenvalue weighted by atomic mass is 9.92. The topological polar surface area (TPSA) is 101 Å². The van der Waals surface area contributed by atoms with Gasteiger partial charge >= 0.3 is 11.9 Å². The third kappa shape index (κ3) is 1.91. The number of carboxylic acids is 1. The van der Waals surface area contributed by atoms with Crippen LogP contribution in [-0.4, -0.2) is 52.5 Å². The zero-order chi connectivity index (χ0) is 14.3. The summed E-state index contributed by atoms with van der Waals surface area (Å²) in [6.07, 6.45) is -3.43. The van der Waals surface area contributed by atoms with Crippen molar-refractivity contribution in [1.82, 2.24) is 0 Å². The van der Waals surface area contributed by atoms with E-state index in [0.29, 0.717) is 0 Å². The van der Waals surface area contributed by atoms with Gasteiger partial charge in [0.15, 0.2) is 17.2 Å². The molecule has 1 rings (SSSR count). The number of ether oxygens (including phenoxy) is 1. The maximum Gasteiger partial charge on any atom is 0.377 e. The van der Waals surface area contributed by atoms with Crippen LogP contribution in [-0.2, 0) is 19.1 Å². The molecule has 0 aromatic carbocycles. The number of aliphatic hydroxyl groups is 1. The first-order valence-corrected chi connectivity index (χ1v) is 5.01. The number of halogens is 2. The molecule has 0 saturated heterocycles. The van der Waals surface area contributed by atoms with E-state index in [1.165, 1.54) is 0 Å². The molecule has 1 fully saturated rings. The van der Waals surface area contributed by atoms with Crippen molar-refractivity contribution in [2.24, 2.45) is 5.92 Å². The van der Waals surface area contributed by atoms with E-state index in [2.05, 4.69) is 4.74 Å². The van der Waals surface area contributed by atoms with Crippen LogP contribution in [0.4, 0.5) is 8.78 Å². The van der Waals surface area contributed by atoms with Gasteiger partial charge in [0.05, 0.1) is 5.92 Å². The molecular weight excluding hydrogens is 254 g/mol. The molecular formula is C10H12F2O6. The molecule has 1 unspecified atom stereocenters. The van der Waals surface area contributed by atoms with E-state index in [0.717, 1.165) is 14.0 Å². The van der Waals surface area contributed by atoms with Gasteiger partial charge in [-0.3, -0.25) is 9.59 Å². The van der Waals surface area contributed by atoms with Crippen molar-refractivity contribution in [2.45, 2.75) is 31.0 Å². The molecule has 1 aliphatic rings. The summed E-state index contributed by atoms with van der Waals surface area (Å²) in [6, 6.07) is 0. The summed E-state index contributed by atoms with van der Waals surface area (Å²) in [4.78, 5) is 33.5. The quantitative estimate of drug-likeness (QED) is 0.673. The third-order valence-electron chi connectivity index (χ3n) is 3.19. The van der Waals surface area contributed by atoms with Gasteiger partial charge in [-0.25, -0.2) is 4.79 Å². The Morgan fingerprint density at radius 1 is 1.56 bits per heavy atom. The Labute approximate surface area is 101 Å². The second kappa shape index (κ2) is 4.36. The van der Waals surface area contributed by atoms with Crippen molar-refractivity contribution in [3.05, 3.63) is 0 Å². The summed E-state index contributed by atoms with van der Waals surface area (Å²) in [6.45, 7) is 1.10. The minimum absolute atomic E-state index is 0.673. The number of hydrogen-bond acceptors (Lipinski definition) is 5. The van der Waals surface area contributed by atoms with E-state index < -0.39 is 47.5 Å². The summed E-state index contributed by atoms with van der Waals surface area (Å²) >= 11 is 0. The largest absolute Gasteiger partial charge is 0.477 e. The second-order valence-corrected chi connectivity index (χ2v) is 4.21. The van der Waals surface area contributed by atoms with Crippen molar-refractivity contribution in [3.8, 4) is 0 Å². The number of Topliss-reactive ketones (excluding diaryl/α,β-unsaturated/α-hetero) is 2. The van der Waals surface area contributed by atoms with Crippen LogP contribution < -0.4 is 0 Å². The van der Waals surface area contributed by atoms with Crippen molar-refractivity contribution < 1.29 is 38.1 Å². The van der Waals surface area contributed by atoms with Gasteiger partial charge in [-0.15, -0.1) is 0 Å². The molecule has 0 aromatic heterocycles. The third-order valence-corrected chi connectivity index (χ3v) is 3.19. The van der Waals surface area contributed by atoms with E-state index in [9.17, 15) is 28.3 Å². The molecule has 8 heteroatoms. The van der Waals surface area contributed by atoms with Crippen molar-refractivity contribution in [2.75, 3.05) is 7.11 Å². The Bertz CT molecular complexity index is 407. The summed E-state index contributed by atoms with van der Waals surface area (Å²) in [7, 11) is 1.06. The van der Waals surface area contributed by atoms with Crippen LogP contribution in [0.15, 0.2) is 0 Å². The molecule has 0 aromatic rings. The van der Waals surface area contributed by atoms with Crippen LogP contribution in [0.2, 0.25) is 0 Å². The summed E-state index contributed by atoms with van der Waals surface area (Å²) in [5, 5.41) is 17.6. The van der Waals surface area contributed by atoms with Crippen molar-refractivity contribution >= 4 is 17.5 Å². The number of aliphatic carboxylic acids is 1. The standard InChI is InChI=1S/C10H12F2O6/c1-9(18-2)5(13)3-4(6(9)14)7(15)10(11,12)8(16)17/h4,7,15H,3H2,1-2H3,(H,16,17)/t4-,7-,9?/m1/s1. The van der Waals surface area contributed by atoms with E-state index in [4.69, 9.17) is 5.11 Å². The van der Waals surface area contributed by atoms with Crippen LogP contribution in [0.3, 0.4) is 0 Å². The molecule has 102 valence electrons. The molecule has 2 N–H and O–H groups in total. The Morgan fingerprint density at radius 2 is 2.06 bits per heavy atom. The SMILES string of the molecule is COC1(C)C(=O)C[C@@H]([C@@H](O)C(F)(F)C(=O)O)C1=O. The lowest BCUT2D eigenvalue weighted by Crippen LogP contribution is -2.49. The van der Waals surface area contributed by atoms with Crippen LogP contribution in [0.1, 0.15) is 13.3 Å². The number of aliphatic hydroxyl groups excluding tert-OH is 1. The maximum atomic E-state index is 13.1. The fraction of sp³-hybridized carbons (Fsp3) is 0.700. The molecule has 0 spiro atoms. The number of methoxy groups -OCH3 is 1. The van der Waals surface area contributed by atoms with Gasteiger partial charge in [0.25, 0.3) is 0 Å². The highest BCUT2D eigenvalue weighted by Gasteiger charge is 2.60. The number of rotatable bonds is 4. The summed E-state index contributed by atoms with van der Waals surface area (Å²) < 4.78 is 30.9. The van der Waals surface area contributed by atoms with Crippen LogP contribution in [0, 0.1) is 5.92 Å².